The van der Waals surface area contributed by atoms with Crippen LogP contribution in [-0.4, -0.2) is 9.97 Å². The van der Waals surface area contributed by atoms with E-state index in [-0.39, 0.29) is 0 Å². The van der Waals surface area contributed by atoms with Crippen molar-refractivity contribution in [2.75, 3.05) is 5.73 Å². The molecule has 0 saturated carbocycles. The van der Waals surface area contributed by atoms with Gasteiger partial charge in [0.1, 0.15) is 5.82 Å². The van der Waals surface area contributed by atoms with Crippen molar-refractivity contribution in [2.24, 2.45) is 5.73 Å². The van der Waals surface area contributed by atoms with Gasteiger partial charge >= 0.3 is 0 Å². The summed E-state index contributed by atoms with van der Waals surface area (Å²) in [5, 5.41) is 1.62. The lowest BCUT2D eigenvalue weighted by Gasteiger charge is -2.15. The Morgan fingerprint density at radius 1 is 1.19 bits per heavy atom. The van der Waals surface area contributed by atoms with Crippen LogP contribution in [0.4, 0.5) is 5.82 Å². The first-order valence-corrected chi connectivity index (χ1v) is 6.97. The zero-order valence-corrected chi connectivity index (χ0v) is 12.3. The van der Waals surface area contributed by atoms with Crippen molar-refractivity contribution in [3.63, 3.8) is 0 Å². The Labute approximate surface area is 127 Å². The molecule has 1 unspecified atom stereocenters. The molecule has 0 aliphatic heterocycles. The van der Waals surface area contributed by atoms with E-state index in [1.165, 1.54) is 6.20 Å². The van der Waals surface area contributed by atoms with Gasteiger partial charge in [0.05, 0.1) is 22.3 Å². The maximum Gasteiger partial charge on any atom is 0.128 e. The lowest BCUT2D eigenvalue weighted by Crippen LogP contribution is -2.16. The zero-order chi connectivity index (χ0) is 15.0. The van der Waals surface area contributed by atoms with Gasteiger partial charge in [-0.05, 0) is 30.7 Å². The molecule has 21 heavy (non-hydrogen) atoms. The average molecular weight is 299 g/mol. The molecular formula is C16H15ClN4. The van der Waals surface area contributed by atoms with Crippen LogP contribution in [0.5, 0.6) is 0 Å². The van der Waals surface area contributed by atoms with Gasteiger partial charge in [0.25, 0.3) is 0 Å². The van der Waals surface area contributed by atoms with Crippen LogP contribution in [0.3, 0.4) is 0 Å². The van der Waals surface area contributed by atoms with Crippen LogP contribution in [0.1, 0.15) is 22.9 Å². The molecule has 0 bridgehead atoms. The van der Waals surface area contributed by atoms with Gasteiger partial charge in [-0.15, -0.1) is 0 Å². The molecule has 0 aliphatic rings. The maximum atomic E-state index is 6.30. The highest BCUT2D eigenvalue weighted by molar-refractivity contribution is 6.30. The SMILES string of the molecule is Cc1cc(C(N)c2cc(Cl)cnc2N)nc2ccccc12. The minimum Gasteiger partial charge on any atom is -0.383 e. The number of hydrogen-bond donors (Lipinski definition) is 2. The summed E-state index contributed by atoms with van der Waals surface area (Å²) in [5.74, 6) is 0.375. The number of halogens is 1. The van der Waals surface area contributed by atoms with Crippen LogP contribution in [-0.2, 0) is 0 Å². The Hall–Kier alpha value is -2.17. The number of pyridine rings is 2. The van der Waals surface area contributed by atoms with Crippen LogP contribution < -0.4 is 11.5 Å². The third-order valence-corrected chi connectivity index (χ3v) is 3.72. The number of para-hydroxylation sites is 1. The molecule has 3 rings (SSSR count). The van der Waals surface area contributed by atoms with E-state index in [0.29, 0.717) is 16.4 Å². The average Bonchev–Trinajstić information content (AvgIpc) is 2.49. The number of nitrogen functional groups attached to an aromatic ring is 1. The number of aromatic nitrogens is 2. The number of hydrogen-bond acceptors (Lipinski definition) is 4. The number of rotatable bonds is 2. The third kappa shape index (κ3) is 2.55. The van der Waals surface area contributed by atoms with Crippen LogP contribution in [0.2, 0.25) is 5.02 Å². The molecule has 2 heterocycles. The summed E-state index contributed by atoms with van der Waals surface area (Å²) in [6.07, 6.45) is 1.51. The minimum atomic E-state index is -0.459. The highest BCUT2D eigenvalue weighted by atomic mass is 35.5. The monoisotopic (exact) mass is 298 g/mol. The normalized spacial score (nSPS) is 12.5. The Morgan fingerprint density at radius 2 is 1.95 bits per heavy atom. The summed E-state index contributed by atoms with van der Waals surface area (Å²) in [5.41, 5.74) is 15.7. The Balaban J connectivity index is 2.13. The second-order valence-electron chi connectivity index (χ2n) is 4.99. The smallest absolute Gasteiger partial charge is 0.128 e. The largest absolute Gasteiger partial charge is 0.383 e. The fourth-order valence-corrected chi connectivity index (χ4v) is 2.58. The second kappa shape index (κ2) is 5.31. The first-order chi connectivity index (χ1) is 10.1. The zero-order valence-electron chi connectivity index (χ0n) is 11.5. The van der Waals surface area contributed by atoms with E-state index < -0.39 is 6.04 Å². The predicted octanol–water partition coefficient (Wildman–Crippen LogP) is 3.22. The van der Waals surface area contributed by atoms with Crippen molar-refractivity contribution in [3.8, 4) is 0 Å². The van der Waals surface area contributed by atoms with E-state index in [2.05, 4.69) is 9.97 Å². The van der Waals surface area contributed by atoms with E-state index in [0.717, 1.165) is 22.2 Å². The van der Waals surface area contributed by atoms with Gasteiger partial charge in [0.15, 0.2) is 0 Å². The molecule has 1 atom stereocenters. The molecule has 0 radical (unpaired) electrons. The van der Waals surface area contributed by atoms with Crippen molar-refractivity contribution in [1.82, 2.24) is 9.97 Å². The summed E-state index contributed by atoms with van der Waals surface area (Å²) in [4.78, 5) is 8.68. The van der Waals surface area contributed by atoms with Crippen LogP contribution in [0.15, 0.2) is 42.6 Å². The summed E-state index contributed by atoms with van der Waals surface area (Å²) in [6.45, 7) is 2.04. The van der Waals surface area contributed by atoms with Gasteiger partial charge in [0.2, 0.25) is 0 Å². The van der Waals surface area contributed by atoms with Crippen molar-refractivity contribution in [2.45, 2.75) is 13.0 Å². The first-order valence-electron chi connectivity index (χ1n) is 6.59. The topological polar surface area (TPSA) is 77.8 Å². The number of fused-ring (bicyclic) bond motifs is 1. The molecule has 0 fully saturated rings. The standard InChI is InChI=1S/C16H15ClN4/c1-9-6-14(21-13-5-3-2-4-11(9)13)15(18)12-7-10(17)8-20-16(12)19/h2-8,15H,18H2,1H3,(H2,19,20). The second-order valence-corrected chi connectivity index (χ2v) is 5.42. The summed E-state index contributed by atoms with van der Waals surface area (Å²) < 4.78 is 0. The van der Waals surface area contributed by atoms with Crippen LogP contribution >= 0.6 is 11.6 Å². The van der Waals surface area contributed by atoms with Gasteiger partial charge in [-0.1, -0.05) is 29.8 Å². The molecule has 0 saturated heterocycles. The predicted molar refractivity (Wildman–Crippen MR) is 86.2 cm³/mol. The Bertz CT molecular complexity index is 816. The van der Waals surface area contributed by atoms with E-state index in [4.69, 9.17) is 23.1 Å². The number of aryl methyl sites for hydroxylation is 1. The molecule has 0 spiro atoms. The van der Waals surface area contributed by atoms with Crippen molar-refractivity contribution >= 4 is 28.3 Å². The molecule has 3 aromatic rings. The Kier molecular flexibility index (Phi) is 3.49. The van der Waals surface area contributed by atoms with Crippen LogP contribution in [0.25, 0.3) is 10.9 Å². The number of nitrogens with two attached hydrogens (primary N) is 2. The fraction of sp³-hybridized carbons (Fsp3) is 0.125. The molecule has 5 heteroatoms. The third-order valence-electron chi connectivity index (χ3n) is 3.51. The number of benzene rings is 1. The molecule has 4 N–H and O–H groups in total. The molecule has 106 valence electrons. The fourth-order valence-electron chi connectivity index (χ4n) is 2.41. The molecule has 0 aliphatic carbocycles. The van der Waals surface area contributed by atoms with E-state index in [1.54, 1.807) is 6.07 Å². The number of nitrogens with zero attached hydrogens (tertiary/aromatic N) is 2. The van der Waals surface area contributed by atoms with Gasteiger partial charge < -0.3 is 11.5 Å². The van der Waals surface area contributed by atoms with E-state index in [9.17, 15) is 0 Å². The highest BCUT2D eigenvalue weighted by Crippen LogP contribution is 2.27. The first kappa shape index (κ1) is 13.8. The van der Waals surface area contributed by atoms with Gasteiger partial charge in [-0.2, -0.15) is 0 Å². The van der Waals surface area contributed by atoms with Crippen molar-refractivity contribution in [3.05, 3.63) is 64.4 Å². The molecule has 4 nitrogen and oxygen atoms in total. The molecule has 0 amide bonds. The van der Waals surface area contributed by atoms with Crippen molar-refractivity contribution < 1.29 is 0 Å². The lowest BCUT2D eigenvalue weighted by molar-refractivity contribution is 0.831. The van der Waals surface area contributed by atoms with Gasteiger partial charge in [0, 0.05) is 17.1 Å². The minimum absolute atomic E-state index is 0.375. The maximum absolute atomic E-state index is 6.30. The van der Waals surface area contributed by atoms with Crippen LogP contribution in [0, 0.1) is 6.92 Å². The van der Waals surface area contributed by atoms with Gasteiger partial charge in [-0.3, -0.25) is 4.98 Å². The lowest BCUT2D eigenvalue weighted by atomic mass is 10.0. The number of anilines is 1. The van der Waals surface area contributed by atoms with E-state index >= 15 is 0 Å². The van der Waals surface area contributed by atoms with Gasteiger partial charge in [-0.25, -0.2) is 4.98 Å². The summed E-state index contributed by atoms with van der Waals surface area (Å²) in [7, 11) is 0. The molecule has 1 aromatic carbocycles. The highest BCUT2D eigenvalue weighted by Gasteiger charge is 2.16. The quantitative estimate of drug-likeness (QED) is 0.761. The van der Waals surface area contributed by atoms with E-state index in [1.807, 2.05) is 37.3 Å². The molecular weight excluding hydrogens is 284 g/mol. The Morgan fingerprint density at radius 3 is 2.76 bits per heavy atom. The summed E-state index contributed by atoms with van der Waals surface area (Å²) >= 11 is 5.98. The van der Waals surface area contributed by atoms with Crippen molar-refractivity contribution in [1.29, 1.82) is 0 Å². The summed E-state index contributed by atoms with van der Waals surface area (Å²) in [6, 6.07) is 11.2. The molecule has 2 aromatic heterocycles.